The zero-order valence-corrected chi connectivity index (χ0v) is 12.2. The van der Waals surface area contributed by atoms with Gasteiger partial charge in [-0.15, -0.1) is 0 Å². The Morgan fingerprint density at radius 2 is 2.19 bits per heavy atom. The van der Waals surface area contributed by atoms with Crippen LogP contribution in [0.2, 0.25) is 0 Å². The number of amides is 1. The topological polar surface area (TPSA) is 80.0 Å². The molecule has 2 saturated heterocycles. The van der Waals surface area contributed by atoms with Crippen molar-refractivity contribution < 1.29 is 23.8 Å². The van der Waals surface area contributed by atoms with Crippen molar-refractivity contribution in [3.05, 3.63) is 23.2 Å². The van der Waals surface area contributed by atoms with E-state index in [1.165, 1.54) is 0 Å². The summed E-state index contributed by atoms with van der Waals surface area (Å²) in [5.74, 6) is 0.142. The number of hydrogen-bond donors (Lipinski definition) is 1. The van der Waals surface area contributed by atoms with Gasteiger partial charge in [-0.25, -0.2) is 0 Å². The van der Waals surface area contributed by atoms with E-state index in [2.05, 4.69) is 0 Å². The van der Waals surface area contributed by atoms with Gasteiger partial charge in [0.1, 0.15) is 11.5 Å². The SMILES string of the molecule is Cc1cc(C(=O)N2C[C@H]3COCC[C@@]3(C(=O)O)C2)c(C)o1. The van der Waals surface area contributed by atoms with Crippen LogP contribution in [0, 0.1) is 25.2 Å². The Morgan fingerprint density at radius 3 is 2.76 bits per heavy atom. The lowest BCUT2D eigenvalue weighted by Gasteiger charge is -2.33. The van der Waals surface area contributed by atoms with Crippen LogP contribution in [0.3, 0.4) is 0 Å². The first-order valence-corrected chi connectivity index (χ1v) is 7.11. The van der Waals surface area contributed by atoms with Gasteiger partial charge in [0.2, 0.25) is 0 Å². The van der Waals surface area contributed by atoms with Gasteiger partial charge in [0.25, 0.3) is 5.91 Å². The highest BCUT2D eigenvalue weighted by Gasteiger charge is 2.55. The number of rotatable bonds is 2. The molecule has 0 unspecified atom stereocenters. The normalized spacial score (nSPS) is 28.5. The van der Waals surface area contributed by atoms with Crippen LogP contribution in [0.4, 0.5) is 0 Å². The lowest BCUT2D eigenvalue weighted by Crippen LogP contribution is -2.45. The van der Waals surface area contributed by atoms with E-state index < -0.39 is 11.4 Å². The number of ether oxygens (including phenoxy) is 1. The fourth-order valence-corrected chi connectivity index (χ4v) is 3.47. The molecule has 0 spiro atoms. The van der Waals surface area contributed by atoms with Crippen LogP contribution in [0.15, 0.2) is 10.5 Å². The predicted molar refractivity (Wildman–Crippen MR) is 73.1 cm³/mol. The number of nitrogens with zero attached hydrogens (tertiary/aromatic N) is 1. The van der Waals surface area contributed by atoms with E-state index in [0.717, 1.165) is 0 Å². The van der Waals surface area contributed by atoms with Crippen molar-refractivity contribution in [3.8, 4) is 0 Å². The van der Waals surface area contributed by atoms with Crippen LogP contribution in [0.5, 0.6) is 0 Å². The van der Waals surface area contributed by atoms with Gasteiger partial charge < -0.3 is 19.2 Å². The Kier molecular flexibility index (Phi) is 3.28. The highest BCUT2D eigenvalue weighted by molar-refractivity contribution is 5.96. The van der Waals surface area contributed by atoms with Crippen molar-refractivity contribution in [1.29, 1.82) is 0 Å². The molecule has 1 aromatic rings. The first kappa shape index (κ1) is 14.1. The summed E-state index contributed by atoms with van der Waals surface area (Å²) in [6.45, 7) is 5.06. The fraction of sp³-hybridized carbons (Fsp3) is 0.600. The van der Waals surface area contributed by atoms with Gasteiger partial charge in [-0.1, -0.05) is 0 Å². The summed E-state index contributed by atoms with van der Waals surface area (Å²) in [4.78, 5) is 26.0. The Labute approximate surface area is 122 Å². The lowest BCUT2D eigenvalue weighted by molar-refractivity contribution is -0.157. The molecule has 0 aliphatic carbocycles. The van der Waals surface area contributed by atoms with Crippen LogP contribution in [-0.4, -0.2) is 48.2 Å². The van der Waals surface area contributed by atoms with Crippen molar-refractivity contribution in [3.63, 3.8) is 0 Å². The van der Waals surface area contributed by atoms with E-state index in [1.54, 1.807) is 24.8 Å². The molecule has 6 nitrogen and oxygen atoms in total. The van der Waals surface area contributed by atoms with E-state index in [9.17, 15) is 14.7 Å². The molecular weight excluding hydrogens is 274 g/mol. The highest BCUT2D eigenvalue weighted by Crippen LogP contribution is 2.43. The van der Waals surface area contributed by atoms with Crippen LogP contribution < -0.4 is 0 Å². The van der Waals surface area contributed by atoms with Gasteiger partial charge in [0, 0.05) is 25.6 Å². The molecule has 2 fully saturated rings. The van der Waals surface area contributed by atoms with Crippen LogP contribution >= 0.6 is 0 Å². The van der Waals surface area contributed by atoms with Crippen molar-refractivity contribution in [2.24, 2.45) is 11.3 Å². The zero-order chi connectivity index (χ0) is 15.2. The molecule has 21 heavy (non-hydrogen) atoms. The van der Waals surface area contributed by atoms with Crippen LogP contribution in [-0.2, 0) is 9.53 Å². The van der Waals surface area contributed by atoms with E-state index in [1.807, 2.05) is 0 Å². The summed E-state index contributed by atoms with van der Waals surface area (Å²) in [6, 6.07) is 1.71. The lowest BCUT2D eigenvalue weighted by atomic mass is 9.74. The number of hydrogen-bond acceptors (Lipinski definition) is 4. The predicted octanol–water partition coefficient (Wildman–Crippen LogP) is 1.46. The third-order valence-electron chi connectivity index (χ3n) is 4.69. The Morgan fingerprint density at radius 1 is 1.43 bits per heavy atom. The number of carboxylic acids is 1. The molecule has 3 heterocycles. The second-order valence-corrected chi connectivity index (χ2v) is 6.00. The largest absolute Gasteiger partial charge is 0.481 e. The summed E-state index contributed by atoms with van der Waals surface area (Å²) in [5.41, 5.74) is -0.340. The quantitative estimate of drug-likeness (QED) is 0.893. The number of carbonyl (C=O) groups is 2. The number of carboxylic acid groups (broad SMARTS) is 1. The molecule has 2 aliphatic heterocycles. The van der Waals surface area contributed by atoms with Crippen molar-refractivity contribution in [2.45, 2.75) is 20.3 Å². The molecule has 1 aromatic heterocycles. The molecule has 3 rings (SSSR count). The number of carbonyl (C=O) groups excluding carboxylic acids is 1. The average molecular weight is 293 g/mol. The minimum absolute atomic E-state index is 0.138. The number of aryl methyl sites for hydroxylation is 2. The minimum atomic E-state index is -0.861. The van der Waals surface area contributed by atoms with Crippen molar-refractivity contribution in [1.82, 2.24) is 4.90 Å². The Hall–Kier alpha value is -1.82. The standard InChI is InChI=1S/C15H19NO5/c1-9-5-12(10(2)21-9)13(17)16-6-11-7-20-4-3-15(11,8-16)14(18)19/h5,11H,3-4,6-8H2,1-2H3,(H,18,19)/t11-,15+/m0/s1. The minimum Gasteiger partial charge on any atom is -0.481 e. The molecule has 2 aliphatic rings. The third-order valence-corrected chi connectivity index (χ3v) is 4.69. The molecule has 6 heteroatoms. The second kappa shape index (κ2) is 4.87. The zero-order valence-electron chi connectivity index (χ0n) is 12.2. The maximum atomic E-state index is 12.6. The molecule has 0 bridgehead atoms. The van der Waals surface area contributed by atoms with Gasteiger partial charge in [-0.3, -0.25) is 9.59 Å². The average Bonchev–Trinajstić information content (AvgIpc) is 2.99. The van der Waals surface area contributed by atoms with Crippen molar-refractivity contribution in [2.75, 3.05) is 26.3 Å². The Bertz CT molecular complexity index is 593. The number of aliphatic carboxylic acids is 1. The smallest absolute Gasteiger partial charge is 0.311 e. The summed E-state index contributed by atoms with van der Waals surface area (Å²) in [5, 5.41) is 9.62. The van der Waals surface area contributed by atoms with Gasteiger partial charge in [0.05, 0.1) is 17.6 Å². The number of likely N-dealkylation sites (tertiary alicyclic amines) is 1. The second-order valence-electron chi connectivity index (χ2n) is 6.00. The van der Waals surface area contributed by atoms with E-state index in [-0.39, 0.29) is 18.4 Å². The van der Waals surface area contributed by atoms with Gasteiger partial charge in [-0.2, -0.15) is 0 Å². The first-order valence-electron chi connectivity index (χ1n) is 7.11. The molecule has 0 saturated carbocycles. The number of furan rings is 1. The van der Waals surface area contributed by atoms with Crippen molar-refractivity contribution >= 4 is 11.9 Å². The first-order chi connectivity index (χ1) is 9.94. The van der Waals surface area contributed by atoms with Gasteiger partial charge >= 0.3 is 5.97 Å². The molecule has 114 valence electrons. The molecule has 1 amide bonds. The maximum Gasteiger partial charge on any atom is 0.311 e. The maximum absolute atomic E-state index is 12.6. The number of fused-ring (bicyclic) bond motifs is 1. The summed E-state index contributed by atoms with van der Waals surface area (Å²) >= 11 is 0. The molecule has 0 aromatic carbocycles. The fourth-order valence-electron chi connectivity index (χ4n) is 3.47. The van der Waals surface area contributed by atoms with E-state index in [4.69, 9.17) is 9.15 Å². The Balaban J connectivity index is 1.87. The molecule has 2 atom stereocenters. The van der Waals surface area contributed by atoms with Gasteiger partial charge in [0.15, 0.2) is 0 Å². The molecule has 1 N–H and O–H groups in total. The molecular formula is C15H19NO5. The van der Waals surface area contributed by atoms with E-state index in [0.29, 0.717) is 43.3 Å². The van der Waals surface area contributed by atoms with E-state index >= 15 is 0 Å². The monoisotopic (exact) mass is 293 g/mol. The van der Waals surface area contributed by atoms with Crippen LogP contribution in [0.25, 0.3) is 0 Å². The van der Waals surface area contributed by atoms with Crippen LogP contribution in [0.1, 0.15) is 28.3 Å². The summed E-state index contributed by atoms with van der Waals surface area (Å²) in [7, 11) is 0. The summed E-state index contributed by atoms with van der Waals surface area (Å²) in [6.07, 6.45) is 0.459. The third kappa shape index (κ3) is 2.14. The highest BCUT2D eigenvalue weighted by atomic mass is 16.5. The molecule has 0 radical (unpaired) electrons. The summed E-state index contributed by atoms with van der Waals surface area (Å²) < 4.78 is 10.8. The van der Waals surface area contributed by atoms with Gasteiger partial charge in [-0.05, 0) is 26.3 Å².